The third kappa shape index (κ3) is 4.52. The summed E-state index contributed by atoms with van der Waals surface area (Å²) >= 11 is 0. The Kier molecular flexibility index (Phi) is 6.05. The van der Waals surface area contributed by atoms with Crippen molar-refractivity contribution >= 4 is 29.5 Å². The van der Waals surface area contributed by atoms with E-state index in [1.807, 2.05) is 18.2 Å². The van der Waals surface area contributed by atoms with Gasteiger partial charge in [0, 0.05) is 37.3 Å². The number of benzene rings is 1. The number of hydrogen-bond donors (Lipinski definition) is 0. The van der Waals surface area contributed by atoms with Gasteiger partial charge in [0.15, 0.2) is 17.6 Å². The van der Waals surface area contributed by atoms with Crippen molar-refractivity contribution in [2.45, 2.75) is 6.10 Å². The third-order valence-electron chi connectivity index (χ3n) is 6.00. The molecule has 0 saturated carbocycles. The van der Waals surface area contributed by atoms with Crippen LogP contribution in [0.15, 0.2) is 81.6 Å². The minimum atomic E-state index is -0.562. The third-order valence-corrected chi connectivity index (χ3v) is 6.00. The smallest absolute Gasteiger partial charge is 0.312 e. The summed E-state index contributed by atoms with van der Waals surface area (Å²) in [6.45, 7) is 1.61. The van der Waals surface area contributed by atoms with Gasteiger partial charge in [0.2, 0.25) is 0 Å². The van der Waals surface area contributed by atoms with E-state index in [9.17, 15) is 14.4 Å². The van der Waals surface area contributed by atoms with Gasteiger partial charge in [-0.1, -0.05) is 18.2 Å². The SMILES string of the molecule is COc1ccccc1/C=C1/OC2C=CC(C(=O)N3CCN(C(=O)c4ccco4)CC3)=CC2=NC1=O. The summed E-state index contributed by atoms with van der Waals surface area (Å²) in [6.07, 6.45) is 7.48. The lowest BCUT2D eigenvalue weighted by Crippen LogP contribution is -2.51. The molecule has 2 aromatic rings. The van der Waals surface area contributed by atoms with Crippen molar-refractivity contribution in [2.75, 3.05) is 33.3 Å². The molecule has 3 aliphatic rings. The van der Waals surface area contributed by atoms with E-state index in [0.29, 0.717) is 48.8 Å². The van der Waals surface area contributed by atoms with Crippen LogP contribution in [0.25, 0.3) is 6.08 Å². The molecule has 1 aromatic heterocycles. The fourth-order valence-corrected chi connectivity index (χ4v) is 4.14. The second kappa shape index (κ2) is 9.46. The number of aliphatic imine (C=N–C) groups is 1. The largest absolute Gasteiger partial charge is 0.496 e. The highest BCUT2D eigenvalue weighted by Gasteiger charge is 2.32. The Morgan fingerprint density at radius 1 is 1.06 bits per heavy atom. The van der Waals surface area contributed by atoms with Crippen molar-refractivity contribution in [3.63, 3.8) is 0 Å². The maximum atomic E-state index is 13.1. The monoisotopic (exact) mass is 473 g/mol. The van der Waals surface area contributed by atoms with Gasteiger partial charge < -0.3 is 23.7 Å². The molecular weight excluding hydrogens is 450 g/mol. The molecule has 0 bridgehead atoms. The van der Waals surface area contributed by atoms with E-state index in [2.05, 4.69) is 4.99 Å². The molecule has 1 unspecified atom stereocenters. The van der Waals surface area contributed by atoms with Gasteiger partial charge in [-0.25, -0.2) is 4.99 Å². The fourth-order valence-electron chi connectivity index (χ4n) is 4.14. The Labute approximate surface area is 201 Å². The van der Waals surface area contributed by atoms with Crippen LogP contribution in [0.5, 0.6) is 5.75 Å². The Morgan fingerprint density at radius 2 is 1.80 bits per heavy atom. The summed E-state index contributed by atoms with van der Waals surface area (Å²) in [6, 6.07) is 10.6. The molecule has 1 atom stereocenters. The van der Waals surface area contributed by atoms with Crippen molar-refractivity contribution in [1.82, 2.24) is 9.80 Å². The zero-order valence-electron chi connectivity index (χ0n) is 19.0. The first-order chi connectivity index (χ1) is 17.0. The quantitative estimate of drug-likeness (QED) is 0.633. The molecule has 3 amide bonds. The Balaban J connectivity index is 1.26. The van der Waals surface area contributed by atoms with Crippen molar-refractivity contribution in [3.8, 4) is 5.75 Å². The first-order valence-electron chi connectivity index (χ1n) is 11.2. The van der Waals surface area contributed by atoms with Crippen LogP contribution in [-0.2, 0) is 14.3 Å². The van der Waals surface area contributed by atoms with Gasteiger partial charge in [0.05, 0.1) is 19.1 Å². The molecule has 5 rings (SSSR count). The zero-order valence-corrected chi connectivity index (χ0v) is 19.0. The Morgan fingerprint density at radius 3 is 2.51 bits per heavy atom. The molecular formula is C26H23N3O6. The predicted molar refractivity (Wildman–Crippen MR) is 127 cm³/mol. The van der Waals surface area contributed by atoms with E-state index in [0.717, 1.165) is 0 Å². The number of amides is 3. The van der Waals surface area contributed by atoms with E-state index >= 15 is 0 Å². The van der Waals surface area contributed by atoms with Crippen LogP contribution in [0.3, 0.4) is 0 Å². The summed E-state index contributed by atoms with van der Waals surface area (Å²) in [5.41, 5.74) is 1.50. The normalized spacial score (nSPS) is 20.7. The summed E-state index contributed by atoms with van der Waals surface area (Å²) < 4.78 is 16.4. The van der Waals surface area contributed by atoms with Gasteiger partial charge in [0.25, 0.3) is 11.8 Å². The standard InChI is InChI=1S/C26H23N3O6/c1-33-20-6-3-2-5-17(20)16-23-24(30)27-19-15-18(8-9-21(19)35-23)25(31)28-10-12-29(13-11-28)26(32)22-7-4-14-34-22/h2-9,14-16,21H,10-13H2,1H3/b23-16+. The van der Waals surface area contributed by atoms with Gasteiger partial charge in [-0.2, -0.15) is 0 Å². The molecule has 178 valence electrons. The average Bonchev–Trinajstić information content (AvgIpc) is 3.43. The number of methoxy groups -OCH3 is 1. The molecule has 1 fully saturated rings. The fraction of sp³-hybridized carbons (Fsp3) is 0.231. The van der Waals surface area contributed by atoms with Crippen LogP contribution in [0, 0.1) is 0 Å². The molecule has 2 aliphatic heterocycles. The van der Waals surface area contributed by atoms with Gasteiger partial charge in [-0.05, 0) is 42.5 Å². The van der Waals surface area contributed by atoms with Crippen molar-refractivity contribution < 1.29 is 28.3 Å². The van der Waals surface area contributed by atoms with Crippen LogP contribution in [0.1, 0.15) is 16.1 Å². The molecule has 35 heavy (non-hydrogen) atoms. The van der Waals surface area contributed by atoms with Crippen LogP contribution in [0.2, 0.25) is 0 Å². The summed E-state index contributed by atoms with van der Waals surface area (Å²) in [4.78, 5) is 45.6. The minimum Gasteiger partial charge on any atom is -0.496 e. The number of hydrogen-bond acceptors (Lipinski definition) is 6. The van der Waals surface area contributed by atoms with Crippen LogP contribution in [-0.4, -0.2) is 72.6 Å². The number of furan rings is 1. The zero-order chi connectivity index (χ0) is 24.4. The summed E-state index contributed by atoms with van der Waals surface area (Å²) in [5, 5.41) is 0. The topological polar surface area (TPSA) is 102 Å². The number of nitrogens with zero attached hydrogens (tertiary/aromatic N) is 3. The predicted octanol–water partition coefficient (Wildman–Crippen LogP) is 2.48. The number of para-hydroxylation sites is 1. The molecule has 9 heteroatoms. The Bertz CT molecular complexity index is 1280. The maximum absolute atomic E-state index is 13.1. The highest BCUT2D eigenvalue weighted by molar-refractivity contribution is 6.17. The molecule has 3 heterocycles. The maximum Gasteiger partial charge on any atom is 0.312 e. The van der Waals surface area contributed by atoms with E-state index in [1.165, 1.54) is 6.26 Å². The van der Waals surface area contributed by atoms with Crippen molar-refractivity contribution in [2.24, 2.45) is 4.99 Å². The number of carbonyl (C=O) groups is 3. The first-order valence-corrected chi connectivity index (χ1v) is 11.2. The highest BCUT2D eigenvalue weighted by atomic mass is 16.5. The Hall–Kier alpha value is -4.40. The molecule has 0 spiro atoms. The van der Waals surface area contributed by atoms with Crippen molar-refractivity contribution in [1.29, 1.82) is 0 Å². The van der Waals surface area contributed by atoms with E-state index in [4.69, 9.17) is 13.9 Å². The lowest BCUT2D eigenvalue weighted by atomic mass is 10.00. The van der Waals surface area contributed by atoms with E-state index in [1.54, 1.807) is 59.4 Å². The molecule has 0 N–H and O–H groups in total. The number of piperazine rings is 1. The number of carbonyl (C=O) groups excluding carboxylic acids is 3. The number of rotatable bonds is 4. The molecule has 0 radical (unpaired) electrons. The lowest BCUT2D eigenvalue weighted by Gasteiger charge is -2.35. The van der Waals surface area contributed by atoms with E-state index in [-0.39, 0.29) is 23.3 Å². The summed E-state index contributed by atoms with van der Waals surface area (Å²) in [7, 11) is 1.56. The second-order valence-corrected chi connectivity index (χ2v) is 8.15. The van der Waals surface area contributed by atoms with Gasteiger partial charge in [0.1, 0.15) is 5.75 Å². The molecule has 9 nitrogen and oxygen atoms in total. The van der Waals surface area contributed by atoms with Gasteiger partial charge in [-0.3, -0.25) is 14.4 Å². The number of ether oxygens (including phenoxy) is 2. The van der Waals surface area contributed by atoms with E-state index < -0.39 is 12.0 Å². The highest BCUT2D eigenvalue weighted by Crippen LogP contribution is 2.26. The molecule has 1 aliphatic carbocycles. The molecule has 1 aromatic carbocycles. The number of fused-ring (bicyclic) bond motifs is 1. The summed E-state index contributed by atoms with van der Waals surface area (Å²) in [5.74, 6) is 0.108. The first kappa shape index (κ1) is 22.4. The van der Waals surface area contributed by atoms with Crippen LogP contribution in [0.4, 0.5) is 0 Å². The van der Waals surface area contributed by atoms with Crippen molar-refractivity contribution in [3.05, 3.63) is 83.5 Å². The minimum absolute atomic E-state index is 0.105. The second-order valence-electron chi connectivity index (χ2n) is 8.15. The average molecular weight is 473 g/mol. The van der Waals surface area contributed by atoms with Crippen LogP contribution < -0.4 is 4.74 Å². The molecule has 1 saturated heterocycles. The lowest BCUT2D eigenvalue weighted by molar-refractivity contribution is -0.128. The van der Waals surface area contributed by atoms with Gasteiger partial charge >= 0.3 is 5.91 Å². The van der Waals surface area contributed by atoms with Gasteiger partial charge in [-0.15, -0.1) is 0 Å². The van der Waals surface area contributed by atoms with Crippen LogP contribution >= 0.6 is 0 Å².